The van der Waals surface area contributed by atoms with Gasteiger partial charge in [0.1, 0.15) is 5.82 Å². The number of anilines is 1. The van der Waals surface area contributed by atoms with Crippen LogP contribution in [-0.4, -0.2) is 59.6 Å². The van der Waals surface area contributed by atoms with Crippen LogP contribution in [0.15, 0.2) is 42.5 Å². The zero-order valence-corrected chi connectivity index (χ0v) is 18.9. The van der Waals surface area contributed by atoms with Gasteiger partial charge in [-0.25, -0.2) is 14.2 Å². The molecule has 0 saturated carbocycles. The van der Waals surface area contributed by atoms with Crippen molar-refractivity contribution in [1.82, 2.24) is 14.8 Å². The minimum absolute atomic E-state index is 0.0205. The minimum atomic E-state index is -0.503. The Morgan fingerprint density at radius 3 is 2.52 bits per heavy atom. The Hall–Kier alpha value is -3.39. The fourth-order valence-electron chi connectivity index (χ4n) is 3.73. The van der Waals surface area contributed by atoms with Crippen LogP contribution >= 0.6 is 11.6 Å². The van der Waals surface area contributed by atoms with Gasteiger partial charge in [0.2, 0.25) is 0 Å². The van der Waals surface area contributed by atoms with E-state index in [1.807, 2.05) is 6.92 Å². The quantitative estimate of drug-likeness (QED) is 0.564. The standard InChI is InChI=1S/C24H24ClFN4O3/c1-2-11-33-24(32)30-9-7-29(8-10-30)23(31)16-3-5-17-18(25)14-21(28-22(17)13-16)15-4-6-19(26)20(27)12-15/h3-6,12-14H,2,7-11,27H2,1H3. The highest BCUT2D eigenvalue weighted by molar-refractivity contribution is 6.35. The number of piperazine rings is 1. The lowest BCUT2D eigenvalue weighted by Crippen LogP contribution is -2.50. The number of hydrogen-bond donors (Lipinski definition) is 1. The van der Waals surface area contributed by atoms with E-state index in [0.717, 1.165) is 6.42 Å². The van der Waals surface area contributed by atoms with Gasteiger partial charge in [-0.3, -0.25) is 4.79 Å². The lowest BCUT2D eigenvalue weighted by atomic mass is 10.1. The third-order valence-electron chi connectivity index (χ3n) is 5.55. The second-order valence-corrected chi connectivity index (χ2v) is 8.26. The molecule has 0 radical (unpaired) electrons. The molecule has 0 bridgehead atoms. The van der Waals surface area contributed by atoms with Crippen molar-refractivity contribution in [3.05, 3.63) is 58.9 Å². The summed E-state index contributed by atoms with van der Waals surface area (Å²) >= 11 is 6.46. The van der Waals surface area contributed by atoms with Crippen molar-refractivity contribution in [2.75, 3.05) is 38.5 Å². The molecule has 1 aromatic heterocycles. The summed E-state index contributed by atoms with van der Waals surface area (Å²) in [6, 6.07) is 11.2. The molecular formula is C24H24ClFN4O3. The monoisotopic (exact) mass is 470 g/mol. The van der Waals surface area contributed by atoms with Gasteiger partial charge >= 0.3 is 6.09 Å². The molecule has 0 spiro atoms. The highest BCUT2D eigenvalue weighted by atomic mass is 35.5. The van der Waals surface area contributed by atoms with E-state index in [0.29, 0.717) is 65.5 Å². The molecule has 33 heavy (non-hydrogen) atoms. The van der Waals surface area contributed by atoms with Crippen LogP contribution in [0.5, 0.6) is 0 Å². The Morgan fingerprint density at radius 2 is 1.82 bits per heavy atom. The van der Waals surface area contributed by atoms with Crippen molar-refractivity contribution in [3.8, 4) is 11.3 Å². The van der Waals surface area contributed by atoms with E-state index in [1.165, 1.54) is 12.1 Å². The van der Waals surface area contributed by atoms with E-state index in [1.54, 1.807) is 40.1 Å². The van der Waals surface area contributed by atoms with E-state index in [2.05, 4.69) is 4.98 Å². The maximum atomic E-state index is 13.5. The van der Waals surface area contributed by atoms with Crippen LogP contribution in [-0.2, 0) is 4.74 Å². The second kappa shape index (κ2) is 9.62. The second-order valence-electron chi connectivity index (χ2n) is 7.85. The van der Waals surface area contributed by atoms with Gasteiger partial charge in [-0.15, -0.1) is 0 Å². The first-order valence-electron chi connectivity index (χ1n) is 10.7. The molecule has 0 atom stereocenters. The normalized spacial score (nSPS) is 13.9. The number of aromatic nitrogens is 1. The summed E-state index contributed by atoms with van der Waals surface area (Å²) < 4.78 is 18.7. The number of fused-ring (bicyclic) bond motifs is 1. The van der Waals surface area contributed by atoms with Gasteiger partial charge in [0, 0.05) is 42.7 Å². The first-order valence-corrected chi connectivity index (χ1v) is 11.1. The van der Waals surface area contributed by atoms with Crippen molar-refractivity contribution < 1.29 is 18.7 Å². The molecule has 3 aromatic rings. The van der Waals surface area contributed by atoms with Gasteiger partial charge in [-0.1, -0.05) is 24.6 Å². The highest BCUT2D eigenvalue weighted by Gasteiger charge is 2.26. The van der Waals surface area contributed by atoms with Crippen LogP contribution in [0.1, 0.15) is 23.7 Å². The lowest BCUT2D eigenvalue weighted by Gasteiger charge is -2.34. The molecular weight excluding hydrogens is 447 g/mol. The number of carbonyl (C=O) groups excluding carboxylic acids is 2. The Kier molecular flexibility index (Phi) is 6.65. The average Bonchev–Trinajstić information content (AvgIpc) is 2.83. The average molecular weight is 471 g/mol. The SMILES string of the molecule is CCCOC(=O)N1CCN(C(=O)c2ccc3c(Cl)cc(-c4ccc(F)c(N)c4)nc3c2)CC1. The number of ether oxygens (including phenoxy) is 1. The van der Waals surface area contributed by atoms with E-state index < -0.39 is 5.82 Å². The van der Waals surface area contributed by atoms with Crippen LogP contribution in [0.25, 0.3) is 22.2 Å². The van der Waals surface area contributed by atoms with Gasteiger partial charge in [0.15, 0.2) is 0 Å². The molecule has 1 saturated heterocycles. The number of amides is 2. The summed E-state index contributed by atoms with van der Waals surface area (Å²) in [7, 11) is 0. The Bertz CT molecular complexity index is 1210. The van der Waals surface area contributed by atoms with Crippen LogP contribution in [0, 0.1) is 5.82 Å². The Balaban J connectivity index is 1.54. The number of benzene rings is 2. The Labute approximate surface area is 195 Å². The molecule has 1 aliphatic heterocycles. The molecule has 2 N–H and O–H groups in total. The molecule has 9 heteroatoms. The molecule has 1 fully saturated rings. The van der Waals surface area contributed by atoms with E-state index >= 15 is 0 Å². The molecule has 0 unspecified atom stereocenters. The van der Waals surface area contributed by atoms with Gasteiger partial charge < -0.3 is 20.3 Å². The van der Waals surface area contributed by atoms with E-state index in [9.17, 15) is 14.0 Å². The molecule has 172 valence electrons. The zero-order valence-electron chi connectivity index (χ0n) is 18.2. The predicted octanol–water partition coefficient (Wildman–Crippen LogP) is 4.58. The maximum absolute atomic E-state index is 13.5. The first-order chi connectivity index (χ1) is 15.9. The van der Waals surface area contributed by atoms with Gasteiger partial charge in [0.05, 0.1) is 28.5 Å². The molecule has 2 amide bonds. The third-order valence-corrected chi connectivity index (χ3v) is 5.87. The molecule has 1 aliphatic rings. The van der Waals surface area contributed by atoms with Crippen molar-refractivity contribution >= 4 is 40.2 Å². The van der Waals surface area contributed by atoms with E-state index in [4.69, 9.17) is 22.1 Å². The predicted molar refractivity (Wildman–Crippen MR) is 126 cm³/mol. The maximum Gasteiger partial charge on any atom is 0.409 e. The van der Waals surface area contributed by atoms with Crippen molar-refractivity contribution in [1.29, 1.82) is 0 Å². The van der Waals surface area contributed by atoms with Gasteiger partial charge in [-0.2, -0.15) is 0 Å². The lowest BCUT2D eigenvalue weighted by molar-refractivity contribution is 0.0560. The van der Waals surface area contributed by atoms with Crippen LogP contribution < -0.4 is 5.73 Å². The zero-order chi connectivity index (χ0) is 23.5. The highest BCUT2D eigenvalue weighted by Crippen LogP contribution is 2.30. The number of nitrogen functional groups attached to an aromatic ring is 1. The van der Waals surface area contributed by atoms with Crippen LogP contribution in [0.4, 0.5) is 14.9 Å². The number of carbonyl (C=O) groups is 2. The van der Waals surface area contributed by atoms with Crippen molar-refractivity contribution in [2.45, 2.75) is 13.3 Å². The summed E-state index contributed by atoms with van der Waals surface area (Å²) in [6.07, 6.45) is 0.419. The summed E-state index contributed by atoms with van der Waals surface area (Å²) in [5.74, 6) is -0.648. The molecule has 0 aliphatic carbocycles. The summed E-state index contributed by atoms with van der Waals surface area (Å²) in [5.41, 5.74) is 7.89. The summed E-state index contributed by atoms with van der Waals surface area (Å²) in [6.45, 7) is 4.00. The van der Waals surface area contributed by atoms with Crippen molar-refractivity contribution in [2.24, 2.45) is 0 Å². The molecule has 4 rings (SSSR count). The number of nitrogens with zero attached hydrogens (tertiary/aromatic N) is 3. The fourth-order valence-corrected chi connectivity index (χ4v) is 3.99. The van der Waals surface area contributed by atoms with E-state index in [-0.39, 0.29) is 17.7 Å². The smallest absolute Gasteiger partial charge is 0.409 e. The van der Waals surface area contributed by atoms with Gasteiger partial charge in [0.25, 0.3) is 5.91 Å². The van der Waals surface area contributed by atoms with Gasteiger partial charge in [-0.05, 0) is 42.8 Å². The summed E-state index contributed by atoms with van der Waals surface area (Å²) in [5, 5.41) is 1.17. The van der Waals surface area contributed by atoms with Crippen LogP contribution in [0.2, 0.25) is 5.02 Å². The molecule has 2 aromatic carbocycles. The summed E-state index contributed by atoms with van der Waals surface area (Å²) in [4.78, 5) is 33.1. The third kappa shape index (κ3) is 4.85. The number of pyridine rings is 1. The molecule has 2 heterocycles. The number of rotatable bonds is 4. The van der Waals surface area contributed by atoms with Crippen molar-refractivity contribution in [3.63, 3.8) is 0 Å². The topological polar surface area (TPSA) is 88.8 Å². The number of hydrogen-bond acceptors (Lipinski definition) is 5. The number of nitrogens with two attached hydrogens (primary N) is 1. The van der Waals surface area contributed by atoms with Crippen LogP contribution in [0.3, 0.4) is 0 Å². The first kappa shape index (κ1) is 22.8. The largest absolute Gasteiger partial charge is 0.449 e. The molecule has 7 nitrogen and oxygen atoms in total. The number of halogens is 2. The minimum Gasteiger partial charge on any atom is -0.449 e. The fraction of sp³-hybridized carbons (Fsp3) is 0.292. The Morgan fingerprint density at radius 1 is 1.09 bits per heavy atom.